The molecule has 0 atom stereocenters. The minimum atomic E-state index is -0.408. The van der Waals surface area contributed by atoms with Crippen LogP contribution < -0.4 is 5.73 Å². The van der Waals surface area contributed by atoms with Crippen molar-refractivity contribution < 1.29 is 9.32 Å². The maximum absolute atomic E-state index is 11.1. The van der Waals surface area contributed by atoms with E-state index in [-0.39, 0.29) is 0 Å². The van der Waals surface area contributed by atoms with Crippen LogP contribution in [0.3, 0.4) is 0 Å². The highest BCUT2D eigenvalue weighted by atomic mass is 32.1. The highest BCUT2D eigenvalue weighted by Crippen LogP contribution is 2.31. The second-order valence-corrected chi connectivity index (χ2v) is 4.08. The Bertz CT molecular complexity index is 668. The van der Waals surface area contributed by atoms with Crippen LogP contribution >= 0.6 is 11.3 Å². The Morgan fingerprint density at radius 3 is 3.07 bits per heavy atom. The minimum absolute atomic E-state index is 0.408. The molecule has 0 unspecified atom stereocenters. The number of primary amides is 1. The Labute approximate surface area is 88.3 Å². The fraction of sp³-hybridized carbons (Fsp3) is 0. The quantitative estimate of drug-likeness (QED) is 0.680. The number of hydrogen-bond acceptors (Lipinski definition) is 4. The first kappa shape index (κ1) is 8.43. The Morgan fingerprint density at radius 2 is 2.27 bits per heavy atom. The summed E-state index contributed by atoms with van der Waals surface area (Å²) in [6.07, 6.45) is 1.65. The summed E-state index contributed by atoms with van der Waals surface area (Å²) in [5, 5.41) is 8.23. The van der Waals surface area contributed by atoms with Crippen LogP contribution in [0.5, 0.6) is 0 Å². The fourth-order valence-corrected chi connectivity index (χ4v) is 2.53. The summed E-state index contributed by atoms with van der Waals surface area (Å²) < 4.78 is 5.13. The van der Waals surface area contributed by atoms with Gasteiger partial charge in [0, 0.05) is 21.5 Å². The van der Waals surface area contributed by atoms with Crippen molar-refractivity contribution in [1.82, 2.24) is 5.16 Å². The van der Waals surface area contributed by atoms with Gasteiger partial charge < -0.3 is 10.3 Å². The maximum atomic E-state index is 11.1. The van der Waals surface area contributed by atoms with Crippen molar-refractivity contribution in [2.24, 2.45) is 5.73 Å². The van der Waals surface area contributed by atoms with Gasteiger partial charge in [-0.2, -0.15) is 0 Å². The molecule has 0 radical (unpaired) electrons. The first-order valence-corrected chi connectivity index (χ1v) is 5.20. The van der Waals surface area contributed by atoms with Crippen molar-refractivity contribution in [1.29, 1.82) is 0 Å². The van der Waals surface area contributed by atoms with Crippen molar-refractivity contribution in [3.05, 3.63) is 28.6 Å². The van der Waals surface area contributed by atoms with E-state index in [9.17, 15) is 4.79 Å². The van der Waals surface area contributed by atoms with Gasteiger partial charge in [-0.25, -0.2) is 0 Å². The monoisotopic (exact) mass is 218 g/mol. The summed E-state index contributed by atoms with van der Waals surface area (Å²) in [6.45, 7) is 0. The van der Waals surface area contributed by atoms with Crippen LogP contribution in [0.25, 0.3) is 21.7 Å². The summed E-state index contributed by atoms with van der Waals surface area (Å²) >= 11 is 1.33. The van der Waals surface area contributed by atoms with Gasteiger partial charge in [0.1, 0.15) is 0 Å². The molecule has 0 fully saturated rings. The molecule has 0 aliphatic heterocycles. The third-order valence-electron chi connectivity index (χ3n) is 2.33. The minimum Gasteiger partial charge on any atom is -0.365 e. The lowest BCUT2D eigenvalue weighted by molar-refractivity contribution is 0.101. The molecule has 0 aliphatic carbocycles. The molecule has 0 saturated heterocycles. The number of amides is 1. The summed E-state index contributed by atoms with van der Waals surface area (Å²) in [7, 11) is 0. The van der Waals surface area contributed by atoms with Gasteiger partial charge in [-0.1, -0.05) is 11.2 Å². The van der Waals surface area contributed by atoms with Gasteiger partial charge in [0.25, 0.3) is 5.91 Å². The fourth-order valence-electron chi connectivity index (χ4n) is 1.64. The van der Waals surface area contributed by atoms with Crippen LogP contribution in [0.4, 0.5) is 0 Å². The van der Waals surface area contributed by atoms with Crippen LogP contribution in [0, 0.1) is 0 Å². The number of aromatic nitrogens is 1. The molecule has 0 spiro atoms. The standard InChI is InChI=1S/C10H6N2O2S/c11-10(13)9-6-2-1-5-3-12-14-8(5)7(6)4-15-9/h1-4H,(H2,11,13). The summed E-state index contributed by atoms with van der Waals surface area (Å²) in [6, 6.07) is 3.73. The van der Waals surface area contributed by atoms with Crippen molar-refractivity contribution in [3.8, 4) is 0 Å². The van der Waals surface area contributed by atoms with Gasteiger partial charge in [0.05, 0.1) is 11.1 Å². The Morgan fingerprint density at radius 1 is 1.40 bits per heavy atom. The average Bonchev–Trinajstić information content (AvgIpc) is 2.82. The molecular weight excluding hydrogens is 212 g/mol. The summed E-state index contributed by atoms with van der Waals surface area (Å²) in [5.41, 5.74) is 5.97. The SMILES string of the molecule is NC(=O)c1scc2c1ccc1cnoc12. The van der Waals surface area contributed by atoms with Gasteiger partial charge in [-0.3, -0.25) is 4.79 Å². The molecule has 2 N–H and O–H groups in total. The van der Waals surface area contributed by atoms with Crippen LogP contribution in [-0.2, 0) is 0 Å². The second kappa shape index (κ2) is 2.80. The van der Waals surface area contributed by atoms with Gasteiger partial charge in [-0.05, 0) is 6.07 Å². The lowest BCUT2D eigenvalue weighted by Crippen LogP contribution is -2.08. The van der Waals surface area contributed by atoms with Crippen LogP contribution in [0.1, 0.15) is 9.67 Å². The lowest BCUT2D eigenvalue weighted by atomic mass is 10.1. The molecule has 2 heterocycles. The topological polar surface area (TPSA) is 69.1 Å². The number of fused-ring (bicyclic) bond motifs is 3. The molecule has 4 nitrogen and oxygen atoms in total. The molecule has 0 saturated carbocycles. The van der Waals surface area contributed by atoms with Gasteiger partial charge in [-0.15, -0.1) is 11.3 Å². The highest BCUT2D eigenvalue weighted by molar-refractivity contribution is 7.14. The third-order valence-corrected chi connectivity index (χ3v) is 3.34. The van der Waals surface area contributed by atoms with E-state index >= 15 is 0 Å². The lowest BCUT2D eigenvalue weighted by Gasteiger charge is -1.92. The van der Waals surface area contributed by atoms with E-state index in [2.05, 4.69) is 5.16 Å². The number of carbonyl (C=O) groups is 1. The smallest absolute Gasteiger partial charge is 0.259 e. The van der Waals surface area contributed by atoms with Crippen molar-refractivity contribution >= 4 is 39.0 Å². The number of benzene rings is 1. The molecule has 15 heavy (non-hydrogen) atoms. The molecule has 0 bridgehead atoms. The third kappa shape index (κ3) is 1.07. The van der Waals surface area contributed by atoms with E-state index < -0.39 is 5.91 Å². The predicted octanol–water partition coefficient (Wildman–Crippen LogP) is 2.14. The number of hydrogen-bond donors (Lipinski definition) is 1. The number of nitrogens with zero attached hydrogens (tertiary/aromatic N) is 1. The number of thiophene rings is 1. The molecular formula is C10H6N2O2S. The van der Waals surface area contributed by atoms with E-state index in [0.29, 0.717) is 10.5 Å². The molecule has 5 heteroatoms. The van der Waals surface area contributed by atoms with Gasteiger partial charge in [0.2, 0.25) is 0 Å². The van der Waals surface area contributed by atoms with E-state index in [0.717, 1.165) is 16.2 Å². The zero-order valence-electron chi connectivity index (χ0n) is 7.56. The zero-order chi connectivity index (χ0) is 10.4. The van der Waals surface area contributed by atoms with E-state index in [1.807, 2.05) is 17.5 Å². The van der Waals surface area contributed by atoms with Crippen LogP contribution in [0.15, 0.2) is 28.2 Å². The molecule has 1 amide bonds. The van der Waals surface area contributed by atoms with Crippen molar-refractivity contribution in [2.75, 3.05) is 0 Å². The normalized spacial score (nSPS) is 11.2. The average molecular weight is 218 g/mol. The van der Waals surface area contributed by atoms with Crippen molar-refractivity contribution in [3.63, 3.8) is 0 Å². The first-order valence-electron chi connectivity index (χ1n) is 4.32. The Hall–Kier alpha value is -1.88. The number of rotatable bonds is 1. The van der Waals surface area contributed by atoms with E-state index in [1.165, 1.54) is 11.3 Å². The molecule has 74 valence electrons. The number of carbonyl (C=O) groups excluding carboxylic acids is 1. The van der Waals surface area contributed by atoms with Crippen LogP contribution in [0.2, 0.25) is 0 Å². The zero-order valence-corrected chi connectivity index (χ0v) is 8.38. The van der Waals surface area contributed by atoms with Gasteiger partial charge in [0.15, 0.2) is 5.58 Å². The highest BCUT2D eigenvalue weighted by Gasteiger charge is 2.13. The second-order valence-electron chi connectivity index (χ2n) is 3.20. The summed E-state index contributed by atoms with van der Waals surface area (Å²) in [5.74, 6) is -0.408. The molecule has 1 aromatic carbocycles. The molecule has 0 aliphatic rings. The summed E-state index contributed by atoms with van der Waals surface area (Å²) in [4.78, 5) is 11.7. The Kier molecular flexibility index (Phi) is 1.58. The predicted molar refractivity (Wildman–Crippen MR) is 57.9 cm³/mol. The van der Waals surface area contributed by atoms with Gasteiger partial charge >= 0.3 is 0 Å². The number of nitrogens with two attached hydrogens (primary N) is 1. The van der Waals surface area contributed by atoms with Crippen LogP contribution in [-0.4, -0.2) is 11.1 Å². The molecule has 2 aromatic heterocycles. The van der Waals surface area contributed by atoms with Crippen molar-refractivity contribution in [2.45, 2.75) is 0 Å². The Balaban J connectivity index is 2.51. The molecule has 3 rings (SSSR count). The maximum Gasteiger partial charge on any atom is 0.259 e. The molecule has 3 aromatic rings. The largest absolute Gasteiger partial charge is 0.365 e. The van der Waals surface area contributed by atoms with E-state index in [1.54, 1.807) is 6.20 Å². The first-order chi connectivity index (χ1) is 7.27. The van der Waals surface area contributed by atoms with E-state index in [4.69, 9.17) is 10.3 Å².